The fourth-order valence-electron chi connectivity index (χ4n) is 1.21. The molecule has 0 aliphatic carbocycles. The lowest BCUT2D eigenvalue weighted by molar-refractivity contribution is 0.143. The summed E-state index contributed by atoms with van der Waals surface area (Å²) < 4.78 is 5.25. The molecule has 1 aromatic heterocycles. The van der Waals surface area contributed by atoms with Crippen molar-refractivity contribution < 1.29 is 4.74 Å². The van der Waals surface area contributed by atoms with Gasteiger partial charge in [0.05, 0.1) is 18.2 Å². The fraction of sp³-hybridized carbons (Fsp3) is 0.700. The number of nitrogens with two attached hydrogens (primary N) is 1. The molecule has 0 aromatic carbocycles. The van der Waals surface area contributed by atoms with Gasteiger partial charge in [0.2, 0.25) is 0 Å². The molecule has 15 heavy (non-hydrogen) atoms. The zero-order valence-corrected chi connectivity index (χ0v) is 9.93. The van der Waals surface area contributed by atoms with E-state index in [0.717, 1.165) is 19.7 Å². The Hall–Kier alpha value is -0.490. The molecular formula is C10H19N3OS. The van der Waals surface area contributed by atoms with Gasteiger partial charge in [-0.2, -0.15) is 0 Å². The zero-order chi connectivity index (χ0) is 10.9. The molecule has 0 bridgehead atoms. The van der Waals surface area contributed by atoms with E-state index < -0.39 is 0 Å². The van der Waals surface area contributed by atoms with Crippen LogP contribution in [0, 0.1) is 0 Å². The van der Waals surface area contributed by atoms with Gasteiger partial charge in [-0.3, -0.25) is 0 Å². The SMILES string of the molecule is CC(CNCCOCCN)c1nccs1. The first-order valence-corrected chi connectivity index (χ1v) is 6.10. The Morgan fingerprint density at radius 3 is 3.13 bits per heavy atom. The van der Waals surface area contributed by atoms with E-state index in [1.165, 1.54) is 5.01 Å². The Balaban J connectivity index is 2.00. The van der Waals surface area contributed by atoms with Crippen LogP contribution in [0.3, 0.4) is 0 Å². The maximum Gasteiger partial charge on any atom is 0.0965 e. The average molecular weight is 229 g/mol. The Morgan fingerprint density at radius 2 is 2.47 bits per heavy atom. The van der Waals surface area contributed by atoms with Gasteiger partial charge >= 0.3 is 0 Å². The minimum absolute atomic E-state index is 0.472. The van der Waals surface area contributed by atoms with E-state index >= 15 is 0 Å². The van der Waals surface area contributed by atoms with E-state index in [9.17, 15) is 0 Å². The normalized spacial score (nSPS) is 12.9. The Morgan fingerprint density at radius 1 is 1.60 bits per heavy atom. The third kappa shape index (κ3) is 5.22. The van der Waals surface area contributed by atoms with E-state index in [1.807, 2.05) is 11.6 Å². The zero-order valence-electron chi connectivity index (χ0n) is 9.11. The topological polar surface area (TPSA) is 60.2 Å². The second-order valence-corrected chi connectivity index (χ2v) is 4.30. The Bertz CT molecular complexity index is 241. The molecule has 5 heteroatoms. The lowest BCUT2D eigenvalue weighted by Gasteiger charge is -2.09. The molecule has 0 radical (unpaired) electrons. The van der Waals surface area contributed by atoms with Crippen LogP contribution in [-0.2, 0) is 4.74 Å². The van der Waals surface area contributed by atoms with Gasteiger partial charge in [0.25, 0.3) is 0 Å². The molecule has 0 fully saturated rings. The highest BCUT2D eigenvalue weighted by molar-refractivity contribution is 7.09. The van der Waals surface area contributed by atoms with Crippen LogP contribution in [0.4, 0.5) is 0 Å². The monoisotopic (exact) mass is 229 g/mol. The predicted octanol–water partition coefficient (Wildman–Crippen LogP) is 0.812. The first-order valence-electron chi connectivity index (χ1n) is 5.22. The number of hydrogen-bond donors (Lipinski definition) is 2. The van der Waals surface area contributed by atoms with Crippen molar-refractivity contribution in [3.63, 3.8) is 0 Å². The molecule has 0 aliphatic rings. The van der Waals surface area contributed by atoms with E-state index in [4.69, 9.17) is 10.5 Å². The van der Waals surface area contributed by atoms with Gasteiger partial charge in [-0.05, 0) is 0 Å². The van der Waals surface area contributed by atoms with Crippen molar-refractivity contribution in [1.82, 2.24) is 10.3 Å². The van der Waals surface area contributed by atoms with Gasteiger partial charge in [-0.1, -0.05) is 6.92 Å². The van der Waals surface area contributed by atoms with E-state index in [2.05, 4.69) is 17.2 Å². The Labute approximate surface area is 94.8 Å². The summed E-state index contributed by atoms with van der Waals surface area (Å²) in [5, 5.41) is 6.53. The summed E-state index contributed by atoms with van der Waals surface area (Å²) in [5.41, 5.74) is 5.30. The van der Waals surface area contributed by atoms with Crippen molar-refractivity contribution in [1.29, 1.82) is 0 Å². The van der Waals surface area contributed by atoms with Crippen LogP contribution in [0.5, 0.6) is 0 Å². The molecule has 4 nitrogen and oxygen atoms in total. The molecule has 86 valence electrons. The third-order valence-corrected chi connectivity index (χ3v) is 3.02. The highest BCUT2D eigenvalue weighted by Gasteiger charge is 2.06. The van der Waals surface area contributed by atoms with Crippen molar-refractivity contribution in [3.8, 4) is 0 Å². The molecule has 1 unspecified atom stereocenters. The number of aromatic nitrogens is 1. The van der Waals surface area contributed by atoms with Crippen molar-refractivity contribution in [2.45, 2.75) is 12.8 Å². The summed E-state index contributed by atoms with van der Waals surface area (Å²) in [6.07, 6.45) is 1.85. The van der Waals surface area contributed by atoms with Gasteiger partial charge in [-0.25, -0.2) is 4.98 Å². The largest absolute Gasteiger partial charge is 0.379 e. The highest BCUT2D eigenvalue weighted by Crippen LogP contribution is 2.15. The quantitative estimate of drug-likeness (QED) is 0.648. The molecule has 1 heterocycles. The fourth-order valence-corrected chi connectivity index (χ4v) is 1.91. The lowest BCUT2D eigenvalue weighted by atomic mass is 10.2. The molecule has 0 saturated heterocycles. The van der Waals surface area contributed by atoms with E-state index in [1.54, 1.807) is 11.3 Å². The molecule has 1 atom stereocenters. The van der Waals surface area contributed by atoms with Crippen molar-refractivity contribution in [2.75, 3.05) is 32.8 Å². The number of ether oxygens (including phenoxy) is 1. The summed E-state index contributed by atoms with van der Waals surface area (Å²) in [4.78, 5) is 4.28. The molecule has 0 spiro atoms. The summed E-state index contributed by atoms with van der Waals surface area (Å²) in [7, 11) is 0. The smallest absolute Gasteiger partial charge is 0.0965 e. The minimum atomic E-state index is 0.472. The third-order valence-electron chi connectivity index (χ3n) is 2.01. The molecule has 1 aromatic rings. The van der Waals surface area contributed by atoms with Gasteiger partial charge in [0.1, 0.15) is 0 Å². The van der Waals surface area contributed by atoms with Crippen LogP contribution in [0.1, 0.15) is 17.8 Å². The summed E-state index contributed by atoms with van der Waals surface area (Å²) in [6.45, 7) is 5.95. The summed E-state index contributed by atoms with van der Waals surface area (Å²) >= 11 is 1.70. The minimum Gasteiger partial charge on any atom is -0.379 e. The first kappa shape index (κ1) is 12.6. The molecule has 0 aliphatic heterocycles. The summed E-state index contributed by atoms with van der Waals surface area (Å²) in [6, 6.07) is 0. The van der Waals surface area contributed by atoms with Gasteiger partial charge in [0, 0.05) is 37.1 Å². The van der Waals surface area contributed by atoms with Crippen LogP contribution < -0.4 is 11.1 Å². The van der Waals surface area contributed by atoms with Crippen LogP contribution in [0.25, 0.3) is 0 Å². The number of rotatable bonds is 8. The van der Waals surface area contributed by atoms with Gasteiger partial charge in [0.15, 0.2) is 0 Å². The Kier molecular flexibility index (Phi) is 6.50. The number of nitrogens with zero attached hydrogens (tertiary/aromatic N) is 1. The maximum absolute atomic E-state index is 5.30. The van der Waals surface area contributed by atoms with Crippen LogP contribution in [-0.4, -0.2) is 37.8 Å². The van der Waals surface area contributed by atoms with Gasteiger partial charge < -0.3 is 15.8 Å². The van der Waals surface area contributed by atoms with E-state index in [-0.39, 0.29) is 0 Å². The van der Waals surface area contributed by atoms with Crippen LogP contribution in [0.15, 0.2) is 11.6 Å². The molecule has 1 rings (SSSR count). The second-order valence-electron chi connectivity index (χ2n) is 3.38. The van der Waals surface area contributed by atoms with E-state index in [0.29, 0.717) is 19.1 Å². The lowest BCUT2D eigenvalue weighted by Crippen LogP contribution is -2.25. The van der Waals surface area contributed by atoms with Crippen molar-refractivity contribution in [2.24, 2.45) is 5.73 Å². The second kappa shape index (κ2) is 7.76. The number of nitrogens with one attached hydrogen (secondary N) is 1. The van der Waals surface area contributed by atoms with Crippen LogP contribution >= 0.6 is 11.3 Å². The van der Waals surface area contributed by atoms with Crippen molar-refractivity contribution >= 4 is 11.3 Å². The highest BCUT2D eigenvalue weighted by atomic mass is 32.1. The maximum atomic E-state index is 5.30. The molecule has 3 N–H and O–H groups in total. The van der Waals surface area contributed by atoms with Crippen LogP contribution in [0.2, 0.25) is 0 Å². The molecule has 0 amide bonds. The van der Waals surface area contributed by atoms with Gasteiger partial charge in [-0.15, -0.1) is 11.3 Å². The predicted molar refractivity (Wildman–Crippen MR) is 63.3 cm³/mol. The molecule has 0 saturated carbocycles. The molecular weight excluding hydrogens is 210 g/mol. The standard InChI is InChI=1S/C10H19N3OS/c1-9(10-13-4-7-15-10)8-12-3-6-14-5-2-11/h4,7,9,12H,2-3,5-6,8,11H2,1H3. The first-order chi connectivity index (χ1) is 7.34. The average Bonchev–Trinajstić information content (AvgIpc) is 2.76. The summed E-state index contributed by atoms with van der Waals surface area (Å²) in [5.74, 6) is 0.472. The number of hydrogen-bond acceptors (Lipinski definition) is 5. The van der Waals surface area contributed by atoms with Crippen molar-refractivity contribution in [3.05, 3.63) is 16.6 Å². The number of thiazole rings is 1.